The number of hydrogen-bond donors (Lipinski definition) is 3. The van der Waals surface area contributed by atoms with Crippen LogP contribution in [0.5, 0.6) is 0 Å². The zero-order chi connectivity index (χ0) is 41.7. The van der Waals surface area contributed by atoms with Crippen molar-refractivity contribution in [2.45, 2.75) is 137 Å². The zero-order valence-electron chi connectivity index (χ0n) is 36.0. The van der Waals surface area contributed by atoms with E-state index < -0.39 is 48.4 Å². The second-order valence-electron chi connectivity index (χ2n) is 16.6. The van der Waals surface area contributed by atoms with Gasteiger partial charge in [0.15, 0.2) is 0 Å². The molecule has 3 N–H and O–H groups in total. The Hall–Kier alpha value is -3.32. The SMILES string of the molecule is C=C(CC)[C@@H]([C@@H](CC(=O)N1CCC[C@H]1C(OC)[C@@H](C)C(=O)N[C@H](C)[C@@H](O)c1ccccc1)OC)N(C)C(=O)[C@@H](NC(=O)[C@H](C(C)C)N(C)CC(C)C)C(C)C. The molecule has 312 valence electrons. The lowest BCUT2D eigenvalue weighted by molar-refractivity contribution is -0.145. The summed E-state index contributed by atoms with van der Waals surface area (Å²) in [5, 5.41) is 16.9. The van der Waals surface area contributed by atoms with Gasteiger partial charge >= 0.3 is 0 Å². The molecule has 12 nitrogen and oxygen atoms in total. The van der Waals surface area contributed by atoms with Crippen LogP contribution in [0.4, 0.5) is 0 Å². The molecular formula is C43H73N5O7. The van der Waals surface area contributed by atoms with E-state index >= 15 is 0 Å². The Kier molecular flexibility index (Phi) is 19.5. The Morgan fingerprint density at radius 1 is 0.909 bits per heavy atom. The minimum Gasteiger partial charge on any atom is -0.386 e. The summed E-state index contributed by atoms with van der Waals surface area (Å²) in [7, 11) is 6.71. The van der Waals surface area contributed by atoms with Crippen molar-refractivity contribution in [1.29, 1.82) is 0 Å². The fourth-order valence-corrected chi connectivity index (χ4v) is 8.08. The van der Waals surface area contributed by atoms with Crippen molar-refractivity contribution in [1.82, 2.24) is 25.3 Å². The fraction of sp³-hybridized carbons (Fsp3) is 0.721. The van der Waals surface area contributed by atoms with Gasteiger partial charge < -0.3 is 35.0 Å². The average molecular weight is 772 g/mol. The normalized spacial score (nSPS) is 19.1. The van der Waals surface area contributed by atoms with Crippen LogP contribution in [-0.2, 0) is 28.7 Å². The zero-order valence-corrected chi connectivity index (χ0v) is 36.0. The van der Waals surface area contributed by atoms with Crippen LogP contribution in [-0.4, -0.2) is 127 Å². The number of carbonyl (C=O) groups excluding carboxylic acids is 4. The number of aliphatic hydroxyl groups excluding tert-OH is 1. The van der Waals surface area contributed by atoms with Gasteiger partial charge in [0.1, 0.15) is 6.04 Å². The van der Waals surface area contributed by atoms with Crippen LogP contribution in [0.25, 0.3) is 0 Å². The maximum Gasteiger partial charge on any atom is 0.245 e. The number of amides is 4. The van der Waals surface area contributed by atoms with Gasteiger partial charge in [0, 0.05) is 34.4 Å². The molecule has 1 aromatic rings. The van der Waals surface area contributed by atoms with Crippen LogP contribution < -0.4 is 10.6 Å². The number of ether oxygens (including phenoxy) is 2. The molecule has 1 saturated heterocycles. The molecule has 1 aliphatic rings. The summed E-state index contributed by atoms with van der Waals surface area (Å²) in [6, 6.07) is 6.41. The molecule has 4 amide bonds. The second kappa shape index (κ2) is 22.4. The smallest absolute Gasteiger partial charge is 0.245 e. The van der Waals surface area contributed by atoms with Gasteiger partial charge in [-0.15, -0.1) is 0 Å². The van der Waals surface area contributed by atoms with E-state index in [2.05, 4.69) is 36.0 Å². The number of likely N-dealkylation sites (tertiary alicyclic amines) is 1. The third kappa shape index (κ3) is 12.8. The lowest BCUT2D eigenvalue weighted by atomic mass is 9.92. The molecule has 0 aromatic heterocycles. The van der Waals surface area contributed by atoms with Gasteiger partial charge in [0.05, 0.1) is 54.8 Å². The van der Waals surface area contributed by atoms with Gasteiger partial charge in [-0.2, -0.15) is 0 Å². The standard InChI is InChI=1S/C43H73N5O7/c1-15-29(8)38(47(12)43(53)36(27(4)5)45-42(52)37(28(6)7)46(11)25-26(2)3)34(54-13)24-35(49)48-23-19-22-33(48)40(55-14)30(9)41(51)44-31(10)39(50)32-20-17-16-18-21-32/h16-18,20-21,26-28,30-31,33-34,36-40,50H,8,15,19,22-25H2,1-7,9-14H3,(H,44,51)(H,45,52)/t30-,31-,33+,34-,36+,37+,38+,39-,40?/m1/s1. The summed E-state index contributed by atoms with van der Waals surface area (Å²) in [6.45, 7) is 23.1. The predicted octanol–water partition coefficient (Wildman–Crippen LogP) is 4.82. The summed E-state index contributed by atoms with van der Waals surface area (Å²) in [4.78, 5) is 61.2. The third-order valence-corrected chi connectivity index (χ3v) is 11.1. The van der Waals surface area contributed by atoms with Crippen molar-refractivity contribution in [3.8, 4) is 0 Å². The van der Waals surface area contributed by atoms with E-state index in [-0.39, 0.29) is 47.9 Å². The van der Waals surface area contributed by atoms with E-state index in [4.69, 9.17) is 9.47 Å². The lowest BCUT2D eigenvalue weighted by Crippen LogP contribution is -2.59. The molecule has 1 fully saturated rings. The Morgan fingerprint density at radius 3 is 2.04 bits per heavy atom. The van der Waals surface area contributed by atoms with Crippen LogP contribution >= 0.6 is 0 Å². The number of likely N-dealkylation sites (N-methyl/N-ethyl adjacent to an activating group) is 2. The summed E-state index contributed by atoms with van der Waals surface area (Å²) >= 11 is 0. The minimum absolute atomic E-state index is 0.0280. The monoisotopic (exact) mass is 772 g/mol. The van der Waals surface area contributed by atoms with Gasteiger partial charge in [-0.05, 0) is 56.6 Å². The largest absolute Gasteiger partial charge is 0.386 e. The molecule has 0 bridgehead atoms. The van der Waals surface area contributed by atoms with Crippen molar-refractivity contribution < 1.29 is 33.8 Å². The van der Waals surface area contributed by atoms with Gasteiger partial charge in [-0.25, -0.2) is 0 Å². The molecule has 12 heteroatoms. The van der Waals surface area contributed by atoms with Crippen LogP contribution in [0.1, 0.15) is 99.7 Å². The Morgan fingerprint density at radius 2 is 1.53 bits per heavy atom. The molecular weight excluding hydrogens is 699 g/mol. The maximum absolute atomic E-state index is 14.3. The van der Waals surface area contributed by atoms with Gasteiger partial charge in [-0.1, -0.05) is 97.9 Å². The van der Waals surface area contributed by atoms with E-state index in [9.17, 15) is 24.3 Å². The minimum atomic E-state index is -0.884. The summed E-state index contributed by atoms with van der Waals surface area (Å²) < 4.78 is 11.9. The second-order valence-corrected chi connectivity index (χ2v) is 16.6. The highest BCUT2D eigenvalue weighted by Crippen LogP contribution is 2.30. The number of hydrogen-bond acceptors (Lipinski definition) is 8. The summed E-state index contributed by atoms with van der Waals surface area (Å²) in [5.74, 6) is -1.35. The van der Waals surface area contributed by atoms with Crippen LogP contribution in [0.3, 0.4) is 0 Å². The number of carbonyl (C=O) groups is 4. The van der Waals surface area contributed by atoms with E-state index in [0.29, 0.717) is 30.9 Å². The molecule has 1 heterocycles. The van der Waals surface area contributed by atoms with Crippen LogP contribution in [0.2, 0.25) is 0 Å². The van der Waals surface area contributed by atoms with Crippen LogP contribution in [0, 0.1) is 23.7 Å². The molecule has 0 saturated carbocycles. The highest BCUT2D eigenvalue weighted by Gasteiger charge is 2.43. The topological polar surface area (TPSA) is 141 Å². The quantitative estimate of drug-likeness (QED) is 0.143. The molecule has 2 rings (SSSR count). The van der Waals surface area contributed by atoms with E-state index in [1.165, 1.54) is 7.11 Å². The highest BCUT2D eigenvalue weighted by molar-refractivity contribution is 5.90. The van der Waals surface area contributed by atoms with Crippen molar-refractivity contribution in [3.63, 3.8) is 0 Å². The van der Waals surface area contributed by atoms with E-state index in [1.807, 2.05) is 72.0 Å². The summed E-state index contributed by atoms with van der Waals surface area (Å²) in [6.07, 6.45) is -0.277. The van der Waals surface area contributed by atoms with Crippen molar-refractivity contribution in [2.75, 3.05) is 41.4 Å². The molecule has 9 atom stereocenters. The highest BCUT2D eigenvalue weighted by atomic mass is 16.5. The number of aliphatic hydroxyl groups is 1. The number of nitrogens with zero attached hydrogens (tertiary/aromatic N) is 3. The fourth-order valence-electron chi connectivity index (χ4n) is 8.08. The lowest BCUT2D eigenvalue weighted by Gasteiger charge is -2.39. The predicted molar refractivity (Wildman–Crippen MR) is 218 cm³/mol. The first kappa shape index (κ1) is 47.8. The van der Waals surface area contributed by atoms with Crippen molar-refractivity contribution in [2.24, 2.45) is 23.7 Å². The molecule has 1 aromatic carbocycles. The number of rotatable bonds is 22. The first-order chi connectivity index (χ1) is 25.8. The third-order valence-electron chi connectivity index (χ3n) is 11.1. The average Bonchev–Trinajstić information content (AvgIpc) is 3.62. The van der Waals surface area contributed by atoms with Crippen molar-refractivity contribution in [3.05, 3.63) is 48.0 Å². The Balaban J connectivity index is 2.27. The van der Waals surface area contributed by atoms with Gasteiger partial charge in [0.2, 0.25) is 23.6 Å². The van der Waals surface area contributed by atoms with Crippen LogP contribution in [0.15, 0.2) is 42.5 Å². The van der Waals surface area contributed by atoms with E-state index in [1.54, 1.807) is 37.8 Å². The number of methoxy groups -OCH3 is 2. The first-order valence-corrected chi connectivity index (χ1v) is 20.2. The molecule has 55 heavy (non-hydrogen) atoms. The number of benzene rings is 1. The molecule has 0 spiro atoms. The first-order valence-electron chi connectivity index (χ1n) is 20.2. The maximum atomic E-state index is 14.3. The van der Waals surface area contributed by atoms with E-state index in [0.717, 1.165) is 18.5 Å². The molecule has 1 unspecified atom stereocenters. The van der Waals surface area contributed by atoms with Crippen molar-refractivity contribution >= 4 is 23.6 Å². The molecule has 1 aliphatic heterocycles. The summed E-state index contributed by atoms with van der Waals surface area (Å²) in [5.41, 5.74) is 1.43. The van der Waals surface area contributed by atoms with Gasteiger partial charge in [-0.3, -0.25) is 24.1 Å². The molecule has 0 radical (unpaired) electrons. The Bertz CT molecular complexity index is 1390. The Labute approximate surface area is 331 Å². The van der Waals surface area contributed by atoms with Gasteiger partial charge in [0.25, 0.3) is 0 Å². The molecule has 0 aliphatic carbocycles. The number of nitrogens with one attached hydrogen (secondary N) is 2.